The third-order valence-corrected chi connectivity index (χ3v) is 7.24. The van der Waals surface area contributed by atoms with Crippen LogP contribution in [0.15, 0.2) is 35.3 Å². The van der Waals surface area contributed by atoms with Crippen molar-refractivity contribution in [1.82, 2.24) is 4.90 Å². The minimum Gasteiger partial charge on any atom is -0.487 e. The summed E-state index contributed by atoms with van der Waals surface area (Å²) < 4.78 is 30.0. The van der Waals surface area contributed by atoms with Gasteiger partial charge in [-0.05, 0) is 19.1 Å². The van der Waals surface area contributed by atoms with Crippen LogP contribution >= 0.6 is 11.8 Å². The van der Waals surface area contributed by atoms with E-state index < -0.39 is 43.8 Å². The highest BCUT2D eigenvalue weighted by molar-refractivity contribution is 8.15. The summed E-state index contributed by atoms with van der Waals surface area (Å²) in [6.45, 7) is 0.886. The third-order valence-electron chi connectivity index (χ3n) is 4.30. The van der Waals surface area contributed by atoms with Gasteiger partial charge in [0, 0.05) is 6.26 Å². The number of carboxylic acids is 1. The van der Waals surface area contributed by atoms with Gasteiger partial charge < -0.3 is 9.84 Å². The maximum Gasteiger partial charge on any atom is 0.353 e. The van der Waals surface area contributed by atoms with Gasteiger partial charge in [0.1, 0.15) is 22.8 Å². The molecule has 2 aliphatic rings. The molecule has 3 unspecified atom stereocenters. The number of fused-ring (bicyclic) bond motifs is 1. The van der Waals surface area contributed by atoms with Gasteiger partial charge in [0.2, 0.25) is 0 Å². The van der Waals surface area contributed by atoms with E-state index in [0.29, 0.717) is 21.9 Å². The van der Waals surface area contributed by atoms with Crippen LogP contribution < -0.4 is 4.74 Å². The van der Waals surface area contributed by atoms with Crippen LogP contribution in [0.2, 0.25) is 0 Å². The lowest BCUT2D eigenvalue weighted by molar-refractivity contribution is -0.166. The van der Waals surface area contributed by atoms with Crippen LogP contribution in [0.4, 0.5) is 0 Å². The number of Topliss-reactive ketones (excluding diaryl/α,β-unsaturated/α-hetero) is 1. The zero-order valence-electron chi connectivity index (χ0n) is 14.4. The number of para-hydroxylation sites is 1. The number of carbonyl (C=O) groups excluding carboxylic acids is 2. The van der Waals surface area contributed by atoms with Gasteiger partial charge >= 0.3 is 10.8 Å². The minimum atomic E-state index is -4.47. The Morgan fingerprint density at radius 1 is 1.33 bits per heavy atom. The van der Waals surface area contributed by atoms with E-state index in [4.69, 9.17) is 4.74 Å². The van der Waals surface area contributed by atoms with Crippen molar-refractivity contribution in [2.45, 2.75) is 23.2 Å². The lowest BCUT2D eigenvalue weighted by Crippen LogP contribution is -2.76. The minimum absolute atomic E-state index is 0.0435. The van der Waals surface area contributed by atoms with Crippen molar-refractivity contribution in [2.24, 2.45) is 4.99 Å². The number of benzene rings is 1. The lowest BCUT2D eigenvalue weighted by Gasteiger charge is -2.48. The summed E-state index contributed by atoms with van der Waals surface area (Å²) in [5.41, 5.74) is 0. The normalized spacial score (nSPS) is 23.7. The summed E-state index contributed by atoms with van der Waals surface area (Å²) in [4.78, 5) is 38.2. The number of β-lactam (4-membered cyclic amide) rings is 1. The smallest absolute Gasteiger partial charge is 0.353 e. The number of carbonyl (C=O) groups is 3. The van der Waals surface area contributed by atoms with E-state index >= 15 is 0 Å². The number of aliphatic imine (C=N–C) groups is 1. The van der Waals surface area contributed by atoms with E-state index in [1.807, 2.05) is 6.07 Å². The number of amides is 1. The number of hydrogen-bond donors (Lipinski definition) is 1. The predicted molar refractivity (Wildman–Crippen MR) is 97.3 cm³/mol. The number of aliphatic carboxylic acids is 1. The molecule has 0 spiro atoms. The molecule has 0 aromatic heterocycles. The van der Waals surface area contributed by atoms with Gasteiger partial charge in [-0.3, -0.25) is 19.5 Å². The molecule has 0 saturated carbocycles. The molecule has 3 rings (SSSR count). The highest BCUT2D eigenvalue weighted by Gasteiger charge is 2.69. The Morgan fingerprint density at radius 3 is 2.48 bits per heavy atom. The molecule has 0 aliphatic carbocycles. The molecule has 9 nitrogen and oxygen atoms in total. The second-order valence-electron chi connectivity index (χ2n) is 6.06. The number of likely N-dealkylation sites (tertiary alicyclic amines) is 1. The molecule has 1 amide bonds. The summed E-state index contributed by atoms with van der Waals surface area (Å²) in [5, 5.41) is 9.09. The van der Waals surface area contributed by atoms with E-state index in [9.17, 15) is 27.9 Å². The molecule has 27 heavy (non-hydrogen) atoms. The van der Waals surface area contributed by atoms with Gasteiger partial charge in [0.25, 0.3) is 5.91 Å². The molecule has 144 valence electrons. The summed E-state index contributed by atoms with van der Waals surface area (Å²) in [5.74, 6) is -3.29. The zero-order chi connectivity index (χ0) is 20.0. The van der Waals surface area contributed by atoms with Crippen LogP contribution in [0.25, 0.3) is 0 Å². The first kappa shape index (κ1) is 19.4. The van der Waals surface area contributed by atoms with Gasteiger partial charge in [0.05, 0.1) is 0 Å². The fourth-order valence-electron chi connectivity index (χ4n) is 3.10. The van der Waals surface area contributed by atoms with Crippen molar-refractivity contribution in [2.75, 3.05) is 12.9 Å². The second-order valence-corrected chi connectivity index (χ2v) is 9.39. The van der Waals surface area contributed by atoms with Crippen LogP contribution in [0, 0.1) is 0 Å². The first-order valence-electron chi connectivity index (χ1n) is 7.79. The Morgan fingerprint density at radius 2 is 1.96 bits per heavy atom. The average Bonchev–Trinajstić information content (AvgIpc) is 2.96. The Bertz CT molecular complexity index is 929. The van der Waals surface area contributed by atoms with Crippen LogP contribution in [0.3, 0.4) is 0 Å². The van der Waals surface area contributed by atoms with E-state index in [1.54, 1.807) is 24.3 Å². The van der Waals surface area contributed by atoms with Crippen LogP contribution in [-0.4, -0.2) is 70.3 Å². The van der Waals surface area contributed by atoms with Crippen LogP contribution in [0.5, 0.6) is 5.75 Å². The number of rotatable bonds is 7. The predicted octanol–water partition coefficient (Wildman–Crippen LogP) is 0.162. The molecular formula is C16H16N2O7S2. The molecule has 1 fully saturated rings. The molecule has 2 aliphatic heterocycles. The molecule has 1 N–H and O–H groups in total. The molecule has 3 atom stereocenters. The molecule has 0 bridgehead atoms. The van der Waals surface area contributed by atoms with Crippen molar-refractivity contribution < 1.29 is 32.6 Å². The third kappa shape index (κ3) is 2.90. The highest BCUT2D eigenvalue weighted by atomic mass is 32.2. The molecule has 1 aromatic rings. The van der Waals surface area contributed by atoms with Gasteiger partial charge in [-0.25, -0.2) is 13.2 Å². The first-order chi connectivity index (χ1) is 12.6. The molecule has 0 radical (unpaired) electrons. The number of nitrogens with zero attached hydrogens (tertiary/aromatic N) is 2. The quantitative estimate of drug-likeness (QED) is 0.495. The van der Waals surface area contributed by atoms with Crippen molar-refractivity contribution in [3.05, 3.63) is 30.3 Å². The van der Waals surface area contributed by atoms with Gasteiger partial charge in [-0.15, -0.1) is 0 Å². The lowest BCUT2D eigenvalue weighted by atomic mass is 10.0. The van der Waals surface area contributed by atoms with E-state index in [0.717, 1.165) is 18.7 Å². The van der Waals surface area contributed by atoms with E-state index in [-0.39, 0.29) is 6.61 Å². The monoisotopic (exact) mass is 412 g/mol. The Labute approximate surface area is 159 Å². The summed E-state index contributed by atoms with van der Waals surface area (Å²) in [7, 11) is -4.47. The Hall–Kier alpha value is -2.40. The molecule has 1 saturated heterocycles. The molecule has 1 aromatic carbocycles. The van der Waals surface area contributed by atoms with Crippen molar-refractivity contribution in [3.8, 4) is 5.75 Å². The summed E-state index contributed by atoms with van der Waals surface area (Å²) in [6, 6.07) is 7.94. The largest absolute Gasteiger partial charge is 0.487 e. The van der Waals surface area contributed by atoms with Gasteiger partial charge in [0.15, 0.2) is 21.7 Å². The maximum absolute atomic E-state index is 12.4. The van der Waals surface area contributed by atoms with Crippen molar-refractivity contribution in [1.29, 1.82) is 0 Å². The Balaban J connectivity index is 1.83. The standard InChI is InChI=1S/C16H16N2O7S2/c1-9(19)16(15(21)22,27(2,23)24)18-13(20)12-14(18)26-11(17-12)8-25-10-6-4-3-5-7-10/h3-7,12,14H,8H2,1-2H3,(H,21,22). The maximum atomic E-state index is 12.4. The molecule has 11 heteroatoms. The molecule has 2 heterocycles. The van der Waals surface area contributed by atoms with Crippen LogP contribution in [0.1, 0.15) is 6.92 Å². The fourth-order valence-corrected chi connectivity index (χ4v) is 5.82. The number of ether oxygens (including phenoxy) is 1. The summed E-state index contributed by atoms with van der Waals surface area (Å²) >= 11 is 1.02. The summed E-state index contributed by atoms with van der Waals surface area (Å²) in [6.07, 6.45) is 0.628. The number of ketones is 1. The van der Waals surface area contributed by atoms with Crippen molar-refractivity contribution >= 4 is 44.3 Å². The van der Waals surface area contributed by atoms with Gasteiger partial charge in [-0.2, -0.15) is 0 Å². The highest BCUT2D eigenvalue weighted by Crippen LogP contribution is 2.45. The van der Waals surface area contributed by atoms with Crippen molar-refractivity contribution in [3.63, 3.8) is 0 Å². The second kappa shape index (κ2) is 6.64. The van der Waals surface area contributed by atoms with Gasteiger partial charge in [-0.1, -0.05) is 30.0 Å². The molecular weight excluding hydrogens is 396 g/mol. The SMILES string of the molecule is CC(=O)C(C(=O)O)(N1C(=O)C2N=C(COc3ccccc3)SC21)S(C)(=O)=O. The number of sulfone groups is 1. The fraction of sp³-hybridized carbons (Fsp3) is 0.375. The number of thioether (sulfide) groups is 1. The first-order valence-corrected chi connectivity index (χ1v) is 10.6. The topological polar surface area (TPSA) is 130 Å². The average molecular weight is 412 g/mol. The zero-order valence-corrected chi connectivity index (χ0v) is 16.0. The van der Waals surface area contributed by atoms with E-state index in [2.05, 4.69) is 4.99 Å². The number of hydrogen-bond acceptors (Lipinski definition) is 8. The Kier molecular flexibility index (Phi) is 4.76. The van der Waals surface area contributed by atoms with Crippen LogP contribution in [-0.2, 0) is 24.2 Å². The number of carboxylic acid groups (broad SMARTS) is 1. The van der Waals surface area contributed by atoms with E-state index in [1.165, 1.54) is 0 Å².